The molecule has 0 radical (unpaired) electrons. The number of rotatable bonds is 6. The van der Waals surface area contributed by atoms with Gasteiger partial charge in [0, 0.05) is 11.3 Å². The molecule has 25 heavy (non-hydrogen) atoms. The summed E-state index contributed by atoms with van der Waals surface area (Å²) in [5, 5.41) is 10.6. The molecule has 2 aromatic carbocycles. The van der Waals surface area contributed by atoms with Crippen LogP contribution in [-0.2, 0) is 6.61 Å². The molecule has 1 amide bonds. The molecular weight excluding hydrogens is 316 g/mol. The maximum Gasteiger partial charge on any atom is 0.291 e. The number of carbonyl (C=O) groups excluding carboxylic acids is 1. The Morgan fingerprint density at radius 2 is 1.96 bits per heavy atom. The largest absolute Gasteiger partial charge is 0.488 e. The molecule has 3 rings (SSSR count). The number of hydrogen-bond donors (Lipinski definition) is 2. The Morgan fingerprint density at radius 1 is 1.20 bits per heavy atom. The molecule has 1 aromatic heterocycles. The number of aromatic amines is 1. The van der Waals surface area contributed by atoms with Crippen LogP contribution in [0.1, 0.15) is 27.3 Å². The standard InChI is InChI=1S/C19H18N4O2/c1-14-11-17(22-21-14)19(24)23-20-12-16-9-5-6-10-18(16)25-13-15-7-3-2-4-8-15/h2-12H,13H2,1H3,(H,21,22)(H,23,24). The summed E-state index contributed by atoms with van der Waals surface area (Å²) in [4.78, 5) is 11.9. The fourth-order valence-corrected chi connectivity index (χ4v) is 2.21. The summed E-state index contributed by atoms with van der Waals surface area (Å²) in [6.45, 7) is 2.29. The lowest BCUT2D eigenvalue weighted by Crippen LogP contribution is -2.18. The van der Waals surface area contributed by atoms with Gasteiger partial charge in [-0.2, -0.15) is 10.2 Å². The minimum absolute atomic E-state index is 0.295. The number of para-hydroxylation sites is 1. The molecule has 1 heterocycles. The molecule has 3 aromatic rings. The van der Waals surface area contributed by atoms with E-state index >= 15 is 0 Å². The lowest BCUT2D eigenvalue weighted by molar-refractivity contribution is 0.0950. The highest BCUT2D eigenvalue weighted by Crippen LogP contribution is 2.17. The predicted molar refractivity (Wildman–Crippen MR) is 95.6 cm³/mol. The van der Waals surface area contributed by atoms with Crippen LogP contribution in [0.15, 0.2) is 65.8 Å². The van der Waals surface area contributed by atoms with E-state index in [4.69, 9.17) is 4.74 Å². The van der Waals surface area contributed by atoms with E-state index in [0.717, 1.165) is 16.8 Å². The van der Waals surface area contributed by atoms with E-state index in [0.29, 0.717) is 18.1 Å². The number of amides is 1. The SMILES string of the molecule is Cc1cc(C(=O)NN=Cc2ccccc2OCc2ccccc2)n[nH]1. The van der Waals surface area contributed by atoms with Crippen molar-refractivity contribution in [2.24, 2.45) is 5.10 Å². The smallest absolute Gasteiger partial charge is 0.291 e. The number of hydrogen-bond acceptors (Lipinski definition) is 4. The highest BCUT2D eigenvalue weighted by Gasteiger charge is 2.07. The maximum absolute atomic E-state index is 11.9. The molecule has 6 heteroatoms. The Bertz CT molecular complexity index is 872. The van der Waals surface area contributed by atoms with Crippen LogP contribution in [0.3, 0.4) is 0 Å². The molecule has 0 spiro atoms. The molecule has 0 bridgehead atoms. The van der Waals surface area contributed by atoms with E-state index in [2.05, 4.69) is 20.7 Å². The zero-order chi connectivity index (χ0) is 17.5. The number of H-pyrrole nitrogens is 1. The van der Waals surface area contributed by atoms with Gasteiger partial charge in [0.15, 0.2) is 5.69 Å². The number of nitrogens with zero attached hydrogens (tertiary/aromatic N) is 2. The summed E-state index contributed by atoms with van der Waals surface area (Å²) in [6, 6.07) is 19.1. The van der Waals surface area contributed by atoms with E-state index in [1.165, 1.54) is 0 Å². The van der Waals surface area contributed by atoms with Crippen molar-refractivity contribution in [2.75, 3.05) is 0 Å². The zero-order valence-electron chi connectivity index (χ0n) is 13.8. The van der Waals surface area contributed by atoms with Gasteiger partial charge in [-0.25, -0.2) is 5.43 Å². The summed E-state index contributed by atoms with van der Waals surface area (Å²) in [5.41, 5.74) is 5.42. The summed E-state index contributed by atoms with van der Waals surface area (Å²) in [7, 11) is 0. The van der Waals surface area contributed by atoms with Crippen LogP contribution in [0.5, 0.6) is 5.75 Å². The van der Waals surface area contributed by atoms with Gasteiger partial charge in [0.25, 0.3) is 5.91 Å². The molecule has 0 atom stereocenters. The third-order valence-electron chi connectivity index (χ3n) is 3.46. The molecule has 0 fully saturated rings. The quantitative estimate of drug-likeness (QED) is 0.537. The van der Waals surface area contributed by atoms with Crippen molar-refractivity contribution in [3.63, 3.8) is 0 Å². The van der Waals surface area contributed by atoms with E-state index in [1.807, 2.05) is 61.5 Å². The van der Waals surface area contributed by atoms with Gasteiger partial charge in [0.05, 0.1) is 6.21 Å². The lowest BCUT2D eigenvalue weighted by Gasteiger charge is -2.08. The minimum atomic E-state index is -0.372. The molecule has 0 aliphatic carbocycles. The van der Waals surface area contributed by atoms with Crippen molar-refractivity contribution in [3.8, 4) is 5.75 Å². The van der Waals surface area contributed by atoms with Gasteiger partial charge in [0.1, 0.15) is 12.4 Å². The molecule has 0 unspecified atom stereocenters. The van der Waals surface area contributed by atoms with Crippen LogP contribution >= 0.6 is 0 Å². The third kappa shape index (κ3) is 4.54. The molecule has 0 saturated carbocycles. The summed E-state index contributed by atoms with van der Waals surface area (Å²) < 4.78 is 5.85. The average molecular weight is 334 g/mol. The average Bonchev–Trinajstić information content (AvgIpc) is 3.08. The second-order valence-electron chi connectivity index (χ2n) is 5.45. The Balaban J connectivity index is 1.63. The topological polar surface area (TPSA) is 79.4 Å². The zero-order valence-corrected chi connectivity index (χ0v) is 13.8. The first-order chi connectivity index (χ1) is 12.2. The Morgan fingerprint density at radius 3 is 2.72 bits per heavy atom. The van der Waals surface area contributed by atoms with Crippen molar-refractivity contribution in [1.29, 1.82) is 0 Å². The summed E-state index contributed by atoms with van der Waals surface area (Å²) >= 11 is 0. The van der Waals surface area contributed by atoms with Crippen LogP contribution in [0.4, 0.5) is 0 Å². The predicted octanol–water partition coefficient (Wildman–Crippen LogP) is 3.06. The first kappa shape index (κ1) is 16.4. The first-order valence-electron chi connectivity index (χ1n) is 7.83. The van der Waals surface area contributed by atoms with Crippen molar-refractivity contribution in [2.45, 2.75) is 13.5 Å². The van der Waals surface area contributed by atoms with E-state index in [-0.39, 0.29) is 5.91 Å². The second kappa shape index (κ2) is 7.92. The molecular formula is C19H18N4O2. The monoisotopic (exact) mass is 334 g/mol. The normalized spacial score (nSPS) is 10.8. The molecule has 0 aliphatic heterocycles. The van der Waals surface area contributed by atoms with Gasteiger partial charge in [-0.3, -0.25) is 9.89 Å². The van der Waals surface area contributed by atoms with E-state index in [9.17, 15) is 4.79 Å². The van der Waals surface area contributed by atoms with Gasteiger partial charge in [-0.15, -0.1) is 0 Å². The van der Waals surface area contributed by atoms with Crippen molar-refractivity contribution < 1.29 is 9.53 Å². The molecule has 0 saturated heterocycles. The van der Waals surface area contributed by atoms with Gasteiger partial charge in [-0.1, -0.05) is 42.5 Å². The number of ether oxygens (including phenoxy) is 1. The maximum atomic E-state index is 11.9. The number of nitrogens with one attached hydrogen (secondary N) is 2. The third-order valence-corrected chi connectivity index (χ3v) is 3.46. The number of carbonyl (C=O) groups is 1. The molecule has 126 valence electrons. The fraction of sp³-hybridized carbons (Fsp3) is 0.105. The fourth-order valence-electron chi connectivity index (χ4n) is 2.21. The van der Waals surface area contributed by atoms with Crippen LogP contribution in [0.2, 0.25) is 0 Å². The van der Waals surface area contributed by atoms with Crippen LogP contribution in [0.25, 0.3) is 0 Å². The van der Waals surface area contributed by atoms with Crippen molar-refractivity contribution >= 4 is 12.1 Å². The summed E-state index contributed by atoms with van der Waals surface area (Å²) in [6.07, 6.45) is 1.55. The van der Waals surface area contributed by atoms with Crippen LogP contribution in [0, 0.1) is 6.92 Å². The minimum Gasteiger partial charge on any atom is -0.488 e. The van der Waals surface area contributed by atoms with Crippen LogP contribution in [-0.4, -0.2) is 22.3 Å². The molecule has 0 aliphatic rings. The lowest BCUT2D eigenvalue weighted by atomic mass is 10.2. The Kier molecular flexibility index (Phi) is 5.21. The van der Waals surface area contributed by atoms with Crippen molar-refractivity contribution in [3.05, 3.63) is 83.2 Å². The Labute approximate surface area is 145 Å². The number of benzene rings is 2. The number of aryl methyl sites for hydroxylation is 1. The Hall–Kier alpha value is -3.41. The molecule has 6 nitrogen and oxygen atoms in total. The first-order valence-corrected chi connectivity index (χ1v) is 7.83. The van der Waals surface area contributed by atoms with Gasteiger partial charge < -0.3 is 4.74 Å². The highest BCUT2D eigenvalue weighted by atomic mass is 16.5. The highest BCUT2D eigenvalue weighted by molar-refractivity contribution is 5.93. The van der Waals surface area contributed by atoms with Crippen molar-refractivity contribution in [1.82, 2.24) is 15.6 Å². The van der Waals surface area contributed by atoms with E-state index < -0.39 is 0 Å². The van der Waals surface area contributed by atoms with Gasteiger partial charge >= 0.3 is 0 Å². The second-order valence-corrected chi connectivity index (χ2v) is 5.45. The number of aromatic nitrogens is 2. The van der Waals surface area contributed by atoms with Gasteiger partial charge in [0.2, 0.25) is 0 Å². The van der Waals surface area contributed by atoms with Crippen LogP contribution < -0.4 is 10.2 Å². The van der Waals surface area contributed by atoms with Gasteiger partial charge in [-0.05, 0) is 30.7 Å². The summed E-state index contributed by atoms with van der Waals surface area (Å²) in [5.74, 6) is 0.322. The number of hydrazone groups is 1. The molecule has 2 N–H and O–H groups in total. The van der Waals surface area contributed by atoms with E-state index in [1.54, 1.807) is 12.3 Å².